The highest BCUT2D eigenvalue weighted by atomic mass is 16.3. The molecule has 1 heterocycles. The lowest BCUT2D eigenvalue weighted by Crippen LogP contribution is -2.51. The first-order valence-electron chi connectivity index (χ1n) is 9.33. The van der Waals surface area contributed by atoms with E-state index < -0.39 is 5.54 Å². The van der Waals surface area contributed by atoms with Gasteiger partial charge in [-0.05, 0) is 43.4 Å². The van der Waals surface area contributed by atoms with Crippen LogP contribution in [0.25, 0.3) is 0 Å². The van der Waals surface area contributed by atoms with Crippen LogP contribution in [0.3, 0.4) is 0 Å². The van der Waals surface area contributed by atoms with Crippen molar-refractivity contribution >= 4 is 11.6 Å². The van der Waals surface area contributed by atoms with Gasteiger partial charge in [0.15, 0.2) is 0 Å². The fourth-order valence-electron chi connectivity index (χ4n) is 3.45. The van der Waals surface area contributed by atoms with Crippen molar-refractivity contribution in [3.8, 4) is 0 Å². The van der Waals surface area contributed by atoms with Crippen molar-refractivity contribution in [3.05, 3.63) is 29.3 Å². The maximum absolute atomic E-state index is 12.4. The van der Waals surface area contributed by atoms with Gasteiger partial charge < -0.3 is 15.7 Å². The molecule has 0 aromatic heterocycles. The number of carbonyl (C=O) groups is 1. The second kappa shape index (κ2) is 8.63. The van der Waals surface area contributed by atoms with Gasteiger partial charge in [-0.2, -0.15) is 0 Å². The van der Waals surface area contributed by atoms with Crippen LogP contribution < -0.4 is 10.6 Å². The van der Waals surface area contributed by atoms with Gasteiger partial charge >= 0.3 is 0 Å². The molecule has 1 aliphatic rings. The van der Waals surface area contributed by atoms with Gasteiger partial charge in [0.1, 0.15) is 5.54 Å². The maximum Gasteiger partial charge on any atom is 0.249 e. The molecule has 1 aliphatic heterocycles. The van der Waals surface area contributed by atoms with E-state index in [1.165, 1.54) is 44.1 Å². The summed E-state index contributed by atoms with van der Waals surface area (Å²) < 4.78 is 0. The normalized spacial score (nSPS) is 20.8. The SMILES string of the molecule is CCCCCCCCc1ccc(N2CCC(N)(CO)C2=O)c(C)c1. The lowest BCUT2D eigenvalue weighted by Gasteiger charge is -2.23. The Bertz CT molecular complexity index is 559. The molecule has 1 fully saturated rings. The summed E-state index contributed by atoms with van der Waals surface area (Å²) in [4.78, 5) is 14.2. The second-order valence-corrected chi connectivity index (χ2v) is 7.16. The lowest BCUT2D eigenvalue weighted by molar-refractivity contribution is -0.122. The number of nitrogens with two attached hydrogens (primary N) is 1. The predicted molar refractivity (Wildman–Crippen MR) is 99.2 cm³/mol. The molecular weight excluding hydrogens is 300 g/mol. The molecule has 4 heteroatoms. The number of aliphatic hydroxyl groups excluding tert-OH is 1. The van der Waals surface area contributed by atoms with Crippen molar-refractivity contribution in [2.75, 3.05) is 18.1 Å². The molecule has 0 bridgehead atoms. The molecule has 1 aromatic rings. The van der Waals surface area contributed by atoms with Crippen molar-refractivity contribution in [1.82, 2.24) is 0 Å². The Hall–Kier alpha value is -1.39. The Morgan fingerprint density at radius 2 is 1.92 bits per heavy atom. The molecule has 0 aliphatic carbocycles. The Morgan fingerprint density at radius 1 is 1.21 bits per heavy atom. The molecule has 134 valence electrons. The Balaban J connectivity index is 1.92. The van der Waals surface area contributed by atoms with Gasteiger partial charge in [-0.25, -0.2) is 0 Å². The van der Waals surface area contributed by atoms with E-state index in [1.807, 2.05) is 13.0 Å². The van der Waals surface area contributed by atoms with Crippen LogP contribution in [0.1, 0.15) is 63.0 Å². The van der Waals surface area contributed by atoms with Crippen LogP contribution in [0.5, 0.6) is 0 Å². The Morgan fingerprint density at radius 3 is 2.54 bits per heavy atom. The number of hydrogen-bond donors (Lipinski definition) is 2. The molecule has 1 amide bonds. The van der Waals surface area contributed by atoms with E-state index in [-0.39, 0.29) is 12.5 Å². The van der Waals surface area contributed by atoms with Crippen molar-refractivity contribution < 1.29 is 9.90 Å². The highest BCUT2D eigenvalue weighted by Crippen LogP contribution is 2.30. The molecule has 0 radical (unpaired) electrons. The number of amides is 1. The van der Waals surface area contributed by atoms with E-state index in [0.717, 1.165) is 17.7 Å². The monoisotopic (exact) mass is 332 g/mol. The largest absolute Gasteiger partial charge is 0.394 e. The van der Waals surface area contributed by atoms with Gasteiger partial charge in [0.05, 0.1) is 6.61 Å². The summed E-state index contributed by atoms with van der Waals surface area (Å²) >= 11 is 0. The van der Waals surface area contributed by atoms with Gasteiger partial charge in [0, 0.05) is 12.2 Å². The topological polar surface area (TPSA) is 66.6 Å². The smallest absolute Gasteiger partial charge is 0.249 e. The summed E-state index contributed by atoms with van der Waals surface area (Å²) in [6.45, 7) is 4.57. The minimum absolute atomic E-state index is 0.170. The van der Waals surface area contributed by atoms with Crippen molar-refractivity contribution in [2.45, 2.75) is 70.8 Å². The average molecular weight is 332 g/mol. The first kappa shape index (κ1) is 18.9. The van der Waals surface area contributed by atoms with Crippen LogP contribution >= 0.6 is 0 Å². The van der Waals surface area contributed by atoms with Crippen LogP contribution in [0.15, 0.2) is 18.2 Å². The predicted octanol–water partition coefficient (Wildman–Crippen LogP) is 3.32. The molecule has 2 rings (SSSR count). The van der Waals surface area contributed by atoms with E-state index in [4.69, 9.17) is 5.73 Å². The molecule has 1 aromatic carbocycles. The van der Waals surface area contributed by atoms with Crippen LogP contribution in [-0.2, 0) is 11.2 Å². The molecule has 0 spiro atoms. The number of nitrogens with zero attached hydrogens (tertiary/aromatic N) is 1. The first-order valence-corrected chi connectivity index (χ1v) is 9.33. The number of hydrogen-bond acceptors (Lipinski definition) is 3. The molecule has 24 heavy (non-hydrogen) atoms. The summed E-state index contributed by atoms with van der Waals surface area (Å²) in [5.74, 6) is -0.170. The summed E-state index contributed by atoms with van der Waals surface area (Å²) in [6, 6.07) is 6.34. The molecule has 0 saturated carbocycles. The average Bonchev–Trinajstić information content (AvgIpc) is 2.87. The van der Waals surface area contributed by atoms with Crippen LogP contribution in [0, 0.1) is 6.92 Å². The van der Waals surface area contributed by atoms with E-state index in [0.29, 0.717) is 13.0 Å². The number of rotatable bonds is 9. The zero-order chi connectivity index (χ0) is 17.6. The van der Waals surface area contributed by atoms with E-state index in [2.05, 4.69) is 19.1 Å². The highest BCUT2D eigenvalue weighted by Gasteiger charge is 2.43. The Labute approximate surface area is 146 Å². The number of aliphatic hydroxyl groups is 1. The number of benzene rings is 1. The summed E-state index contributed by atoms with van der Waals surface area (Å²) in [7, 11) is 0. The van der Waals surface area contributed by atoms with Gasteiger partial charge in [-0.1, -0.05) is 51.2 Å². The molecule has 3 N–H and O–H groups in total. The van der Waals surface area contributed by atoms with Crippen LogP contribution in [0.4, 0.5) is 5.69 Å². The van der Waals surface area contributed by atoms with Crippen molar-refractivity contribution in [1.29, 1.82) is 0 Å². The lowest BCUT2D eigenvalue weighted by atomic mass is 10.0. The molecule has 1 atom stereocenters. The van der Waals surface area contributed by atoms with Gasteiger partial charge in [0.2, 0.25) is 5.91 Å². The number of unbranched alkanes of at least 4 members (excludes halogenated alkanes) is 5. The minimum atomic E-state index is -1.11. The fourth-order valence-corrected chi connectivity index (χ4v) is 3.45. The quantitative estimate of drug-likeness (QED) is 0.682. The van der Waals surface area contributed by atoms with E-state index in [1.54, 1.807) is 4.90 Å². The number of anilines is 1. The fraction of sp³-hybridized carbons (Fsp3) is 0.650. The molecule has 4 nitrogen and oxygen atoms in total. The maximum atomic E-state index is 12.4. The third-order valence-electron chi connectivity index (χ3n) is 5.11. The van der Waals surface area contributed by atoms with Gasteiger partial charge in [-0.15, -0.1) is 0 Å². The number of carbonyl (C=O) groups excluding carboxylic acids is 1. The third kappa shape index (κ3) is 4.37. The Kier molecular flexibility index (Phi) is 6.81. The zero-order valence-electron chi connectivity index (χ0n) is 15.2. The van der Waals surface area contributed by atoms with E-state index >= 15 is 0 Å². The van der Waals surface area contributed by atoms with E-state index in [9.17, 15) is 9.90 Å². The summed E-state index contributed by atoms with van der Waals surface area (Å²) in [6.07, 6.45) is 9.41. The minimum Gasteiger partial charge on any atom is -0.394 e. The van der Waals surface area contributed by atoms with Crippen LogP contribution in [-0.4, -0.2) is 29.7 Å². The molecule has 1 saturated heterocycles. The highest BCUT2D eigenvalue weighted by molar-refractivity contribution is 6.03. The zero-order valence-corrected chi connectivity index (χ0v) is 15.2. The molecular formula is C20H32N2O2. The standard InChI is InChI=1S/C20H32N2O2/c1-3-4-5-6-7-8-9-17-10-11-18(16(2)14-17)22-13-12-20(21,15-23)19(22)24/h10-11,14,23H,3-9,12-13,15,21H2,1-2H3. The van der Waals surface area contributed by atoms with Crippen molar-refractivity contribution in [3.63, 3.8) is 0 Å². The van der Waals surface area contributed by atoms with Crippen LogP contribution in [0.2, 0.25) is 0 Å². The summed E-state index contributed by atoms with van der Waals surface area (Å²) in [5.41, 5.74) is 8.24. The second-order valence-electron chi connectivity index (χ2n) is 7.16. The summed E-state index contributed by atoms with van der Waals surface area (Å²) in [5, 5.41) is 9.38. The van der Waals surface area contributed by atoms with Crippen molar-refractivity contribution in [2.24, 2.45) is 5.73 Å². The van der Waals surface area contributed by atoms with Gasteiger partial charge in [0.25, 0.3) is 0 Å². The molecule has 1 unspecified atom stereocenters. The first-order chi connectivity index (χ1) is 11.5. The van der Waals surface area contributed by atoms with Gasteiger partial charge in [-0.3, -0.25) is 4.79 Å². The number of aryl methyl sites for hydroxylation is 2. The third-order valence-corrected chi connectivity index (χ3v) is 5.11.